The van der Waals surface area contributed by atoms with Gasteiger partial charge in [0.15, 0.2) is 5.69 Å². The Morgan fingerprint density at radius 2 is 2.09 bits per heavy atom. The lowest BCUT2D eigenvalue weighted by molar-refractivity contribution is -0.145. The molecule has 1 aromatic heterocycles. The summed E-state index contributed by atoms with van der Waals surface area (Å²) in [5.74, 6) is -1.71. The number of carboxylic acids is 1. The van der Waals surface area contributed by atoms with Crippen molar-refractivity contribution in [1.82, 2.24) is 15.1 Å². The summed E-state index contributed by atoms with van der Waals surface area (Å²) in [6.07, 6.45) is -3.80. The van der Waals surface area contributed by atoms with E-state index in [1.165, 1.54) is 13.8 Å². The second kappa shape index (κ2) is 7.52. The van der Waals surface area contributed by atoms with Crippen LogP contribution in [0.1, 0.15) is 35.9 Å². The highest BCUT2D eigenvalue weighted by molar-refractivity contribution is 7.99. The molecular weight excluding hydrogens is 323 g/mol. The molecule has 0 bridgehead atoms. The Morgan fingerprint density at radius 3 is 2.59 bits per heavy atom. The quantitative estimate of drug-likeness (QED) is 0.743. The molecule has 0 aliphatic heterocycles. The molecule has 0 aliphatic rings. The lowest BCUT2D eigenvalue weighted by Gasteiger charge is -2.15. The summed E-state index contributed by atoms with van der Waals surface area (Å²) in [5.41, 5.74) is -1.62. The fourth-order valence-corrected chi connectivity index (χ4v) is 2.26. The predicted molar refractivity (Wildman–Crippen MR) is 74.9 cm³/mol. The van der Waals surface area contributed by atoms with Crippen LogP contribution in [0.5, 0.6) is 0 Å². The number of amides is 1. The molecule has 0 aliphatic carbocycles. The maximum absolute atomic E-state index is 13.1. The predicted octanol–water partition coefficient (Wildman–Crippen LogP) is 2.03. The zero-order chi connectivity index (χ0) is 16.9. The van der Waals surface area contributed by atoms with Crippen LogP contribution in [0.4, 0.5) is 13.2 Å². The molecule has 0 spiro atoms. The normalized spacial score (nSPS) is 11.7. The summed E-state index contributed by atoms with van der Waals surface area (Å²) in [5, 5.41) is 14.4. The molecule has 0 saturated carbocycles. The molecule has 1 heterocycles. The first kappa shape index (κ1) is 18.3. The lowest BCUT2D eigenvalue weighted by Crippen LogP contribution is -2.29. The van der Waals surface area contributed by atoms with E-state index < -0.39 is 35.4 Å². The second-order valence-electron chi connectivity index (χ2n) is 4.65. The zero-order valence-corrected chi connectivity index (χ0v) is 12.8. The molecule has 0 unspecified atom stereocenters. The van der Waals surface area contributed by atoms with Gasteiger partial charge in [0.1, 0.15) is 0 Å². The summed E-state index contributed by atoms with van der Waals surface area (Å²) in [4.78, 5) is 22.2. The smallest absolute Gasteiger partial charge is 0.433 e. The van der Waals surface area contributed by atoms with Crippen LogP contribution in [0.3, 0.4) is 0 Å². The molecule has 22 heavy (non-hydrogen) atoms. The van der Waals surface area contributed by atoms with Crippen molar-refractivity contribution in [3.05, 3.63) is 17.5 Å². The average molecular weight is 339 g/mol. The van der Waals surface area contributed by atoms with Gasteiger partial charge in [-0.1, -0.05) is 0 Å². The largest absolute Gasteiger partial charge is 0.481 e. The number of aromatic nitrogens is 2. The zero-order valence-electron chi connectivity index (χ0n) is 12.0. The number of carbonyl (C=O) groups is 2. The molecule has 1 amide bonds. The van der Waals surface area contributed by atoms with Crippen molar-refractivity contribution in [2.24, 2.45) is 0 Å². The van der Waals surface area contributed by atoms with E-state index in [0.717, 1.165) is 22.6 Å². The number of aliphatic carboxylic acids is 1. The third-order valence-electron chi connectivity index (χ3n) is 2.56. The van der Waals surface area contributed by atoms with E-state index in [2.05, 4.69) is 10.4 Å². The van der Waals surface area contributed by atoms with E-state index in [0.29, 0.717) is 0 Å². The van der Waals surface area contributed by atoms with Crippen molar-refractivity contribution in [2.45, 2.75) is 26.1 Å². The van der Waals surface area contributed by atoms with Gasteiger partial charge < -0.3 is 10.4 Å². The molecule has 1 aromatic rings. The molecule has 0 atom stereocenters. The maximum Gasteiger partial charge on any atom is 0.433 e. The van der Waals surface area contributed by atoms with Crippen molar-refractivity contribution in [2.75, 3.05) is 18.1 Å². The summed E-state index contributed by atoms with van der Waals surface area (Å²) >= 11 is 1.06. The van der Waals surface area contributed by atoms with Crippen molar-refractivity contribution in [3.63, 3.8) is 0 Å². The average Bonchev–Trinajstić information content (AvgIpc) is 2.82. The molecule has 0 saturated heterocycles. The molecule has 124 valence electrons. The van der Waals surface area contributed by atoms with Gasteiger partial charge in [-0.2, -0.15) is 18.3 Å². The SMILES string of the molecule is CC(C)n1ncc(C(=O)NCCSCC(=O)O)c1C(F)(F)F. The highest BCUT2D eigenvalue weighted by Crippen LogP contribution is 2.33. The monoisotopic (exact) mass is 339 g/mol. The van der Waals surface area contributed by atoms with Crippen LogP contribution in [0.15, 0.2) is 6.20 Å². The maximum atomic E-state index is 13.1. The van der Waals surface area contributed by atoms with E-state index >= 15 is 0 Å². The van der Waals surface area contributed by atoms with Gasteiger partial charge in [0.25, 0.3) is 5.91 Å². The standard InChI is InChI=1S/C12H16F3N3O3S/c1-7(2)18-10(12(13,14)15)8(5-17-18)11(21)16-3-4-22-6-9(19)20/h5,7H,3-4,6H2,1-2H3,(H,16,21)(H,19,20). The Balaban J connectivity index is 2.75. The number of hydrogen-bond acceptors (Lipinski definition) is 4. The molecule has 0 aromatic carbocycles. The minimum Gasteiger partial charge on any atom is -0.481 e. The number of nitrogens with zero attached hydrogens (tertiary/aromatic N) is 2. The number of carboxylic acid groups (broad SMARTS) is 1. The minimum atomic E-state index is -4.69. The number of thioether (sulfide) groups is 1. The van der Waals surface area contributed by atoms with Crippen LogP contribution in [-0.2, 0) is 11.0 Å². The Bertz CT molecular complexity index is 543. The molecule has 2 N–H and O–H groups in total. The number of alkyl halides is 3. The van der Waals surface area contributed by atoms with Crippen molar-refractivity contribution in [3.8, 4) is 0 Å². The van der Waals surface area contributed by atoms with Gasteiger partial charge in [0, 0.05) is 18.3 Å². The summed E-state index contributed by atoms with van der Waals surface area (Å²) in [6.45, 7) is 3.14. The van der Waals surface area contributed by atoms with Gasteiger partial charge in [-0.05, 0) is 13.8 Å². The van der Waals surface area contributed by atoms with Gasteiger partial charge in [-0.3, -0.25) is 14.3 Å². The summed E-state index contributed by atoms with van der Waals surface area (Å²) < 4.78 is 40.0. The van der Waals surface area contributed by atoms with Gasteiger partial charge in [-0.25, -0.2) is 0 Å². The van der Waals surface area contributed by atoms with E-state index in [-0.39, 0.29) is 18.1 Å². The first-order chi connectivity index (χ1) is 10.1. The second-order valence-corrected chi connectivity index (χ2v) is 5.75. The van der Waals surface area contributed by atoms with Crippen molar-refractivity contribution in [1.29, 1.82) is 0 Å². The number of hydrogen-bond donors (Lipinski definition) is 2. The van der Waals surface area contributed by atoms with Crippen LogP contribution in [0, 0.1) is 0 Å². The highest BCUT2D eigenvalue weighted by atomic mass is 32.2. The Kier molecular flexibility index (Phi) is 6.27. The van der Waals surface area contributed by atoms with Crippen LogP contribution < -0.4 is 5.32 Å². The van der Waals surface area contributed by atoms with E-state index in [4.69, 9.17) is 5.11 Å². The number of carbonyl (C=O) groups excluding carboxylic acids is 1. The number of nitrogens with one attached hydrogen (secondary N) is 1. The Morgan fingerprint density at radius 1 is 1.45 bits per heavy atom. The van der Waals surface area contributed by atoms with Gasteiger partial charge in [-0.15, -0.1) is 11.8 Å². The molecule has 1 rings (SSSR count). The molecular formula is C12H16F3N3O3S. The first-order valence-corrected chi connectivity index (χ1v) is 7.52. The minimum absolute atomic E-state index is 0.0704. The Hall–Kier alpha value is -1.71. The van der Waals surface area contributed by atoms with E-state index in [1.54, 1.807) is 0 Å². The van der Waals surface area contributed by atoms with Crippen molar-refractivity contribution < 1.29 is 27.9 Å². The van der Waals surface area contributed by atoms with Gasteiger partial charge in [0.2, 0.25) is 0 Å². The lowest BCUT2D eigenvalue weighted by atomic mass is 10.2. The molecule has 10 heteroatoms. The van der Waals surface area contributed by atoms with Crippen LogP contribution in [0.25, 0.3) is 0 Å². The molecule has 6 nitrogen and oxygen atoms in total. The van der Waals surface area contributed by atoms with Gasteiger partial charge >= 0.3 is 12.1 Å². The van der Waals surface area contributed by atoms with E-state index in [1.807, 2.05) is 0 Å². The summed E-state index contributed by atoms with van der Waals surface area (Å²) in [7, 11) is 0. The fraction of sp³-hybridized carbons (Fsp3) is 0.583. The van der Waals surface area contributed by atoms with Gasteiger partial charge in [0.05, 0.1) is 17.5 Å². The summed E-state index contributed by atoms with van der Waals surface area (Å²) in [6, 6.07) is -0.538. The topological polar surface area (TPSA) is 84.2 Å². The third kappa shape index (κ3) is 4.93. The third-order valence-corrected chi connectivity index (χ3v) is 3.50. The molecule has 0 radical (unpaired) electrons. The van der Waals surface area contributed by atoms with E-state index in [9.17, 15) is 22.8 Å². The van der Waals surface area contributed by atoms with Crippen molar-refractivity contribution >= 4 is 23.6 Å². The van der Waals surface area contributed by atoms with Crippen LogP contribution in [0.2, 0.25) is 0 Å². The molecule has 0 fully saturated rings. The number of halogens is 3. The Labute approximate surface area is 129 Å². The fourth-order valence-electron chi connectivity index (χ4n) is 1.69. The highest BCUT2D eigenvalue weighted by Gasteiger charge is 2.40. The van der Waals surface area contributed by atoms with Crippen LogP contribution in [-0.4, -0.2) is 44.8 Å². The van der Waals surface area contributed by atoms with Crippen LogP contribution >= 0.6 is 11.8 Å². The first-order valence-electron chi connectivity index (χ1n) is 6.37. The number of rotatable bonds is 7.